The predicted molar refractivity (Wildman–Crippen MR) is 69.4 cm³/mol. The Bertz CT molecular complexity index is 346. The highest BCUT2D eigenvalue weighted by Gasteiger charge is 2.33. The van der Waals surface area contributed by atoms with E-state index in [1.165, 1.54) is 25.7 Å². The van der Waals surface area contributed by atoms with Crippen molar-refractivity contribution in [3.63, 3.8) is 0 Å². The van der Waals surface area contributed by atoms with Crippen LogP contribution in [0, 0.1) is 0 Å². The maximum Gasteiger partial charge on any atom is 0.217 e. The van der Waals surface area contributed by atoms with Crippen LogP contribution in [0.25, 0.3) is 0 Å². The van der Waals surface area contributed by atoms with Gasteiger partial charge in [-0.15, -0.1) is 0 Å². The maximum absolute atomic E-state index is 12.3. The molecule has 2 saturated carbocycles. The third kappa shape index (κ3) is 3.20. The first-order valence-corrected chi connectivity index (χ1v) is 8.22. The van der Waals surface area contributed by atoms with Crippen molar-refractivity contribution in [2.24, 2.45) is 0 Å². The van der Waals surface area contributed by atoms with Gasteiger partial charge in [0.15, 0.2) is 0 Å². The van der Waals surface area contributed by atoms with Crippen LogP contribution in [0.2, 0.25) is 0 Å². The van der Waals surface area contributed by atoms with E-state index in [-0.39, 0.29) is 11.3 Å². The van der Waals surface area contributed by atoms with Crippen LogP contribution in [0.1, 0.15) is 45.4 Å². The van der Waals surface area contributed by atoms with Crippen LogP contribution in [0.5, 0.6) is 0 Å². The van der Waals surface area contributed by atoms with E-state index in [2.05, 4.69) is 5.32 Å². The van der Waals surface area contributed by atoms with Gasteiger partial charge in [0, 0.05) is 25.7 Å². The lowest BCUT2D eigenvalue weighted by Gasteiger charge is -2.27. The van der Waals surface area contributed by atoms with Gasteiger partial charge in [-0.1, -0.05) is 12.8 Å². The number of nitrogens with zero attached hydrogens (tertiary/aromatic N) is 1. The van der Waals surface area contributed by atoms with Crippen molar-refractivity contribution >= 4 is 10.0 Å². The summed E-state index contributed by atoms with van der Waals surface area (Å²) < 4.78 is 26.3. The second-order valence-corrected chi connectivity index (χ2v) is 7.90. The zero-order valence-electron chi connectivity index (χ0n) is 10.9. The lowest BCUT2D eigenvalue weighted by atomic mass is 10.3. The summed E-state index contributed by atoms with van der Waals surface area (Å²) in [6.45, 7) is 2.40. The van der Waals surface area contributed by atoms with Gasteiger partial charge >= 0.3 is 0 Å². The van der Waals surface area contributed by atoms with Gasteiger partial charge in [0.2, 0.25) is 10.0 Å². The minimum Gasteiger partial charge on any atom is -0.313 e. The van der Waals surface area contributed by atoms with Crippen molar-refractivity contribution in [2.45, 2.75) is 62.8 Å². The second kappa shape index (κ2) is 5.24. The Morgan fingerprint density at radius 3 is 2.35 bits per heavy atom. The van der Waals surface area contributed by atoms with Crippen molar-refractivity contribution < 1.29 is 8.42 Å². The van der Waals surface area contributed by atoms with Gasteiger partial charge in [0.1, 0.15) is 0 Å². The smallest absolute Gasteiger partial charge is 0.217 e. The van der Waals surface area contributed by atoms with Gasteiger partial charge in [-0.25, -0.2) is 12.7 Å². The van der Waals surface area contributed by atoms with E-state index in [9.17, 15) is 8.42 Å². The van der Waals surface area contributed by atoms with Crippen molar-refractivity contribution in [2.75, 3.05) is 13.6 Å². The SMILES string of the molecule is CC(CNC1CC1)S(=O)(=O)N(C)C1CCCC1. The molecular formula is C12H24N2O2S. The van der Waals surface area contributed by atoms with E-state index in [0.717, 1.165) is 12.8 Å². The van der Waals surface area contributed by atoms with Crippen LogP contribution in [0.4, 0.5) is 0 Å². The molecule has 0 spiro atoms. The van der Waals surface area contributed by atoms with E-state index in [1.54, 1.807) is 11.4 Å². The molecule has 0 heterocycles. The minimum atomic E-state index is -3.12. The van der Waals surface area contributed by atoms with Crippen LogP contribution in [-0.4, -0.2) is 43.6 Å². The lowest BCUT2D eigenvalue weighted by molar-refractivity contribution is 0.367. The van der Waals surface area contributed by atoms with Crippen molar-refractivity contribution in [3.8, 4) is 0 Å². The number of sulfonamides is 1. The number of hydrogen-bond donors (Lipinski definition) is 1. The van der Waals surface area contributed by atoms with Crippen LogP contribution >= 0.6 is 0 Å². The molecule has 2 aliphatic carbocycles. The molecule has 0 bridgehead atoms. The molecule has 0 aromatic heterocycles. The first-order chi connectivity index (χ1) is 8.01. The molecule has 0 saturated heterocycles. The third-order valence-corrected chi connectivity index (χ3v) is 6.30. The van der Waals surface area contributed by atoms with E-state index < -0.39 is 10.0 Å². The molecule has 1 N–H and O–H groups in total. The highest BCUT2D eigenvalue weighted by Crippen LogP contribution is 2.26. The minimum absolute atomic E-state index is 0.239. The highest BCUT2D eigenvalue weighted by molar-refractivity contribution is 7.89. The van der Waals surface area contributed by atoms with E-state index in [1.807, 2.05) is 6.92 Å². The molecule has 2 rings (SSSR count). The standard InChI is InChI=1S/C12H24N2O2S/c1-10(9-13-11-7-8-11)17(15,16)14(2)12-5-3-4-6-12/h10-13H,3-9H2,1-2H3. The molecule has 17 heavy (non-hydrogen) atoms. The second-order valence-electron chi connectivity index (χ2n) is 5.49. The Morgan fingerprint density at radius 1 is 1.24 bits per heavy atom. The van der Waals surface area contributed by atoms with E-state index in [4.69, 9.17) is 0 Å². The zero-order valence-corrected chi connectivity index (χ0v) is 11.7. The van der Waals surface area contributed by atoms with Crippen molar-refractivity contribution in [3.05, 3.63) is 0 Å². The highest BCUT2D eigenvalue weighted by atomic mass is 32.2. The number of nitrogens with one attached hydrogen (secondary N) is 1. The Labute approximate surface area is 105 Å². The topological polar surface area (TPSA) is 49.4 Å². The van der Waals surface area contributed by atoms with Gasteiger partial charge in [0.05, 0.1) is 5.25 Å². The quantitative estimate of drug-likeness (QED) is 0.784. The molecule has 0 aromatic rings. The van der Waals surface area contributed by atoms with Gasteiger partial charge < -0.3 is 5.32 Å². The van der Waals surface area contributed by atoms with Crippen LogP contribution in [-0.2, 0) is 10.0 Å². The summed E-state index contributed by atoms with van der Waals surface area (Å²) in [6.07, 6.45) is 6.78. The average Bonchev–Trinajstić information content (AvgIpc) is 2.97. The molecule has 100 valence electrons. The summed E-state index contributed by atoms with van der Waals surface area (Å²) in [5, 5.41) is 2.99. The Morgan fingerprint density at radius 2 is 1.82 bits per heavy atom. The molecule has 5 heteroatoms. The van der Waals surface area contributed by atoms with Gasteiger partial charge in [-0.3, -0.25) is 0 Å². The van der Waals surface area contributed by atoms with Gasteiger partial charge in [0.25, 0.3) is 0 Å². The summed E-state index contributed by atoms with van der Waals surface area (Å²) in [6, 6.07) is 0.813. The first kappa shape index (κ1) is 13.3. The lowest BCUT2D eigenvalue weighted by Crippen LogP contribution is -2.44. The van der Waals surface area contributed by atoms with Crippen molar-refractivity contribution in [1.29, 1.82) is 0 Å². The zero-order chi connectivity index (χ0) is 12.5. The summed E-state index contributed by atoms with van der Waals surface area (Å²) in [4.78, 5) is 0. The summed E-state index contributed by atoms with van der Waals surface area (Å²) >= 11 is 0. The molecule has 2 aliphatic rings. The molecule has 0 radical (unpaired) electrons. The third-order valence-electron chi connectivity index (χ3n) is 4.02. The molecular weight excluding hydrogens is 236 g/mol. The fourth-order valence-corrected chi connectivity index (χ4v) is 3.99. The predicted octanol–water partition coefficient (Wildman–Crippen LogP) is 1.33. The molecule has 4 nitrogen and oxygen atoms in total. The maximum atomic E-state index is 12.3. The Kier molecular flexibility index (Phi) is 4.10. The van der Waals surface area contributed by atoms with Crippen molar-refractivity contribution in [1.82, 2.24) is 9.62 Å². The molecule has 0 amide bonds. The fraction of sp³-hybridized carbons (Fsp3) is 1.00. The molecule has 1 unspecified atom stereocenters. The van der Waals surface area contributed by atoms with Gasteiger partial charge in [-0.05, 0) is 32.6 Å². The summed E-state index contributed by atoms with van der Waals surface area (Å²) in [7, 11) is -1.37. The van der Waals surface area contributed by atoms with Gasteiger partial charge in [-0.2, -0.15) is 0 Å². The van der Waals surface area contributed by atoms with E-state index >= 15 is 0 Å². The first-order valence-electron chi connectivity index (χ1n) is 6.72. The monoisotopic (exact) mass is 260 g/mol. The molecule has 0 aliphatic heterocycles. The largest absolute Gasteiger partial charge is 0.313 e. The molecule has 1 atom stereocenters. The number of rotatable bonds is 6. The Balaban J connectivity index is 1.90. The number of hydrogen-bond acceptors (Lipinski definition) is 3. The molecule has 0 aromatic carbocycles. The van der Waals surface area contributed by atoms with Crippen LogP contribution < -0.4 is 5.32 Å². The normalized spacial score (nSPS) is 24.4. The fourth-order valence-electron chi connectivity index (χ4n) is 2.48. The summed E-state index contributed by atoms with van der Waals surface area (Å²) in [5.74, 6) is 0. The van der Waals surface area contributed by atoms with E-state index in [0.29, 0.717) is 12.6 Å². The Hall–Kier alpha value is -0.130. The molecule has 2 fully saturated rings. The van der Waals surface area contributed by atoms with Crippen LogP contribution in [0.15, 0.2) is 0 Å². The summed E-state index contributed by atoms with van der Waals surface area (Å²) in [5.41, 5.74) is 0. The average molecular weight is 260 g/mol. The van der Waals surface area contributed by atoms with Crippen LogP contribution in [0.3, 0.4) is 0 Å².